The van der Waals surface area contributed by atoms with Crippen LogP contribution in [-0.4, -0.2) is 35.9 Å². The van der Waals surface area contributed by atoms with Crippen LogP contribution >= 0.6 is 11.3 Å². The molecule has 0 unspecified atom stereocenters. The molecule has 0 amide bonds. The van der Waals surface area contributed by atoms with Crippen LogP contribution in [0.25, 0.3) is 11.0 Å². The van der Waals surface area contributed by atoms with Gasteiger partial charge in [-0.25, -0.2) is 4.98 Å². The third-order valence-electron chi connectivity index (χ3n) is 4.74. The van der Waals surface area contributed by atoms with Gasteiger partial charge in [0.2, 0.25) is 4.96 Å². The summed E-state index contributed by atoms with van der Waals surface area (Å²) in [5.41, 5.74) is 1.76. The molecule has 0 radical (unpaired) electrons. The van der Waals surface area contributed by atoms with Crippen molar-refractivity contribution in [1.29, 1.82) is 0 Å². The van der Waals surface area contributed by atoms with Crippen molar-refractivity contribution in [3.05, 3.63) is 74.3 Å². The first-order valence-corrected chi connectivity index (χ1v) is 10.2. The van der Waals surface area contributed by atoms with E-state index in [1.54, 1.807) is 21.3 Å². The molecule has 4 aromatic rings. The number of hydrogen-bond donors (Lipinski definition) is 0. The zero-order chi connectivity index (χ0) is 21.1. The number of fused-ring (bicyclic) bond motifs is 1. The van der Waals surface area contributed by atoms with E-state index in [2.05, 4.69) is 10.1 Å². The molecule has 0 fully saturated rings. The topological polar surface area (TPSA) is 74.9 Å². The second-order valence-electron chi connectivity index (χ2n) is 6.59. The van der Waals surface area contributed by atoms with Gasteiger partial charge < -0.3 is 14.2 Å². The summed E-state index contributed by atoms with van der Waals surface area (Å²) >= 11 is 1.33. The van der Waals surface area contributed by atoms with E-state index >= 15 is 0 Å². The molecule has 2 aromatic heterocycles. The molecular formula is C22H21N3O4S. The highest BCUT2D eigenvalue weighted by Gasteiger charge is 2.12. The number of benzene rings is 2. The maximum Gasteiger partial charge on any atom is 0.291 e. The fraction of sp³-hybridized carbons (Fsp3) is 0.227. The van der Waals surface area contributed by atoms with Gasteiger partial charge in [-0.3, -0.25) is 4.79 Å². The van der Waals surface area contributed by atoms with E-state index in [-0.39, 0.29) is 5.56 Å². The van der Waals surface area contributed by atoms with Crippen molar-refractivity contribution in [3.63, 3.8) is 0 Å². The van der Waals surface area contributed by atoms with Crippen molar-refractivity contribution >= 4 is 22.4 Å². The average Bonchev–Trinajstić information content (AvgIpc) is 3.31. The van der Waals surface area contributed by atoms with Gasteiger partial charge in [0, 0.05) is 6.42 Å². The monoisotopic (exact) mass is 423 g/mol. The number of ether oxygens (including phenoxy) is 3. The standard InChI is InChI=1S/C22H21N3O4S/c1-27-16-7-4-14(5-8-16)12-19-21(26)25-22(30-19)23-20(24-25)11-6-15-13-17(28-2)9-10-18(15)29-3/h4-5,7-10,12-13H,6,11H2,1-3H3/b19-12-. The summed E-state index contributed by atoms with van der Waals surface area (Å²) in [7, 11) is 4.89. The van der Waals surface area contributed by atoms with Crippen LogP contribution < -0.4 is 24.3 Å². The predicted molar refractivity (Wildman–Crippen MR) is 116 cm³/mol. The molecule has 8 heteroatoms. The van der Waals surface area contributed by atoms with Crippen LogP contribution in [0.3, 0.4) is 0 Å². The lowest BCUT2D eigenvalue weighted by molar-refractivity contribution is 0.398. The first-order valence-electron chi connectivity index (χ1n) is 9.36. The summed E-state index contributed by atoms with van der Waals surface area (Å²) in [6.45, 7) is 0. The van der Waals surface area contributed by atoms with Crippen LogP contribution in [0, 0.1) is 0 Å². The predicted octanol–water partition coefficient (Wildman–Crippen LogP) is 2.51. The fourth-order valence-electron chi connectivity index (χ4n) is 3.16. The van der Waals surface area contributed by atoms with Crippen LogP contribution in [0.4, 0.5) is 0 Å². The molecule has 154 valence electrons. The van der Waals surface area contributed by atoms with Crippen molar-refractivity contribution in [3.8, 4) is 17.2 Å². The Hall–Kier alpha value is -3.39. The summed E-state index contributed by atoms with van der Waals surface area (Å²) in [4.78, 5) is 17.8. The maximum atomic E-state index is 12.7. The highest BCUT2D eigenvalue weighted by molar-refractivity contribution is 7.15. The van der Waals surface area contributed by atoms with Crippen LogP contribution in [-0.2, 0) is 12.8 Å². The van der Waals surface area contributed by atoms with Gasteiger partial charge >= 0.3 is 0 Å². The van der Waals surface area contributed by atoms with Crippen molar-refractivity contribution in [2.24, 2.45) is 0 Å². The lowest BCUT2D eigenvalue weighted by Gasteiger charge is -2.09. The average molecular weight is 423 g/mol. The van der Waals surface area contributed by atoms with Gasteiger partial charge in [0.1, 0.15) is 17.2 Å². The van der Waals surface area contributed by atoms with E-state index in [9.17, 15) is 4.79 Å². The molecule has 0 N–H and O–H groups in total. The quantitative estimate of drug-likeness (QED) is 0.455. The molecule has 0 bridgehead atoms. The zero-order valence-electron chi connectivity index (χ0n) is 16.9. The third kappa shape index (κ3) is 3.99. The summed E-state index contributed by atoms with van der Waals surface area (Å²) < 4.78 is 17.8. The Morgan fingerprint density at radius 3 is 2.37 bits per heavy atom. The lowest BCUT2D eigenvalue weighted by atomic mass is 10.1. The van der Waals surface area contributed by atoms with Gasteiger partial charge in [0.15, 0.2) is 5.82 Å². The first-order chi connectivity index (χ1) is 14.6. The normalized spacial score (nSPS) is 11.8. The molecule has 0 aliphatic heterocycles. The van der Waals surface area contributed by atoms with E-state index in [0.29, 0.717) is 28.2 Å². The molecule has 0 saturated heterocycles. The molecule has 0 saturated carbocycles. The van der Waals surface area contributed by atoms with Crippen LogP contribution in [0.2, 0.25) is 0 Å². The molecule has 4 rings (SSSR count). The maximum absolute atomic E-state index is 12.7. The van der Waals surface area contributed by atoms with E-state index < -0.39 is 0 Å². The minimum Gasteiger partial charge on any atom is -0.497 e. The number of methoxy groups -OCH3 is 3. The van der Waals surface area contributed by atoms with Crippen molar-refractivity contribution in [2.45, 2.75) is 12.8 Å². The van der Waals surface area contributed by atoms with Gasteiger partial charge in [-0.15, -0.1) is 5.10 Å². The molecule has 0 spiro atoms. The Morgan fingerprint density at radius 2 is 1.70 bits per heavy atom. The zero-order valence-corrected chi connectivity index (χ0v) is 17.7. The summed E-state index contributed by atoms with van der Waals surface area (Å²) in [6.07, 6.45) is 3.11. The second-order valence-corrected chi connectivity index (χ2v) is 7.60. The van der Waals surface area contributed by atoms with Gasteiger partial charge in [-0.05, 0) is 54.0 Å². The minimum absolute atomic E-state index is 0.163. The van der Waals surface area contributed by atoms with E-state index in [1.165, 1.54) is 15.9 Å². The second kappa shape index (κ2) is 8.54. The Balaban J connectivity index is 1.57. The Labute approximate surface area is 177 Å². The summed E-state index contributed by atoms with van der Waals surface area (Å²) in [5, 5.41) is 4.41. The highest BCUT2D eigenvalue weighted by Crippen LogP contribution is 2.25. The van der Waals surface area contributed by atoms with Crippen molar-refractivity contribution in [1.82, 2.24) is 14.6 Å². The van der Waals surface area contributed by atoms with Crippen molar-refractivity contribution in [2.75, 3.05) is 21.3 Å². The van der Waals surface area contributed by atoms with Gasteiger partial charge in [-0.2, -0.15) is 4.52 Å². The van der Waals surface area contributed by atoms with Gasteiger partial charge in [-0.1, -0.05) is 23.5 Å². The molecule has 2 aromatic carbocycles. The van der Waals surface area contributed by atoms with E-state index in [0.717, 1.165) is 28.4 Å². The Bertz CT molecular complexity index is 1280. The molecule has 2 heterocycles. The number of hydrogen-bond acceptors (Lipinski definition) is 7. The third-order valence-corrected chi connectivity index (χ3v) is 5.70. The molecule has 0 aliphatic rings. The van der Waals surface area contributed by atoms with Crippen LogP contribution in [0.15, 0.2) is 47.3 Å². The molecule has 30 heavy (non-hydrogen) atoms. The summed E-state index contributed by atoms with van der Waals surface area (Å²) in [5.74, 6) is 2.96. The minimum atomic E-state index is -0.163. The smallest absolute Gasteiger partial charge is 0.291 e. The fourth-order valence-corrected chi connectivity index (χ4v) is 4.08. The number of aryl methyl sites for hydroxylation is 2. The van der Waals surface area contributed by atoms with E-state index in [4.69, 9.17) is 14.2 Å². The SMILES string of the molecule is COc1ccc(/C=c2\sc3nc(CCc4cc(OC)ccc4OC)nn3c2=O)cc1. The largest absolute Gasteiger partial charge is 0.497 e. The van der Waals surface area contributed by atoms with Gasteiger partial charge in [0.25, 0.3) is 5.56 Å². The summed E-state index contributed by atoms with van der Waals surface area (Å²) in [6, 6.07) is 13.2. The number of aromatic nitrogens is 3. The molecule has 0 aliphatic carbocycles. The van der Waals surface area contributed by atoms with E-state index in [1.807, 2.05) is 48.5 Å². The Kier molecular flexibility index (Phi) is 5.67. The number of rotatable bonds is 7. The molecule has 7 nitrogen and oxygen atoms in total. The highest BCUT2D eigenvalue weighted by atomic mass is 32.1. The molecular weight excluding hydrogens is 402 g/mol. The lowest BCUT2D eigenvalue weighted by Crippen LogP contribution is -2.23. The number of nitrogens with zero attached hydrogens (tertiary/aromatic N) is 3. The Morgan fingerprint density at radius 1 is 0.967 bits per heavy atom. The van der Waals surface area contributed by atoms with Crippen LogP contribution in [0.1, 0.15) is 17.0 Å². The van der Waals surface area contributed by atoms with Crippen LogP contribution in [0.5, 0.6) is 17.2 Å². The molecule has 0 atom stereocenters. The number of thiazole rings is 1. The first kappa shape index (κ1) is 19.9. The van der Waals surface area contributed by atoms with Crippen molar-refractivity contribution < 1.29 is 14.2 Å². The van der Waals surface area contributed by atoms with Gasteiger partial charge in [0.05, 0.1) is 25.9 Å².